The quantitative estimate of drug-likeness (QED) is 0.773. The van der Waals surface area contributed by atoms with E-state index in [1.54, 1.807) is 12.3 Å². The summed E-state index contributed by atoms with van der Waals surface area (Å²) in [7, 11) is 0. The van der Waals surface area contributed by atoms with Crippen LogP contribution in [0.25, 0.3) is 10.9 Å². The number of carbonyl (C=O) groups is 1. The summed E-state index contributed by atoms with van der Waals surface area (Å²) >= 11 is 0. The number of benzene rings is 1. The van der Waals surface area contributed by atoms with Crippen LogP contribution in [0, 0.1) is 0 Å². The highest BCUT2D eigenvalue weighted by Gasteiger charge is 2.17. The van der Waals surface area contributed by atoms with Gasteiger partial charge in [-0.15, -0.1) is 0 Å². The van der Waals surface area contributed by atoms with Crippen molar-refractivity contribution in [3.05, 3.63) is 66.0 Å². The standard InChI is InChI=1S/C21H22N4O2/c1-15-14-25(10-11-27-15)19-8-7-16(12-23-19)13-24-21(26)18-6-2-4-17-5-3-9-22-20(17)18/h2-9,12,15H,10-11,13-14H2,1H3,(H,24,26). The molecule has 0 saturated carbocycles. The maximum absolute atomic E-state index is 12.6. The Bertz CT molecular complexity index is 937. The molecule has 1 N–H and O–H groups in total. The van der Waals surface area contributed by atoms with Gasteiger partial charge in [-0.1, -0.05) is 24.3 Å². The molecule has 1 fully saturated rings. The van der Waals surface area contributed by atoms with E-state index < -0.39 is 0 Å². The normalized spacial score (nSPS) is 17.1. The van der Waals surface area contributed by atoms with Gasteiger partial charge in [-0.3, -0.25) is 9.78 Å². The van der Waals surface area contributed by atoms with Gasteiger partial charge in [0.15, 0.2) is 0 Å². The van der Waals surface area contributed by atoms with E-state index >= 15 is 0 Å². The molecule has 1 aliphatic rings. The number of carbonyl (C=O) groups excluding carboxylic acids is 1. The third kappa shape index (κ3) is 3.90. The first-order chi connectivity index (χ1) is 13.2. The summed E-state index contributed by atoms with van der Waals surface area (Å²) in [4.78, 5) is 23.7. The number of ether oxygens (including phenoxy) is 1. The number of anilines is 1. The summed E-state index contributed by atoms with van der Waals surface area (Å²) < 4.78 is 5.57. The Labute approximate surface area is 158 Å². The first-order valence-corrected chi connectivity index (χ1v) is 9.14. The van der Waals surface area contributed by atoms with E-state index in [9.17, 15) is 4.79 Å². The lowest BCUT2D eigenvalue weighted by atomic mass is 10.1. The molecule has 3 aromatic rings. The summed E-state index contributed by atoms with van der Waals surface area (Å²) in [5, 5.41) is 3.92. The van der Waals surface area contributed by atoms with Crippen LogP contribution in [-0.2, 0) is 11.3 Å². The number of nitrogens with one attached hydrogen (secondary N) is 1. The zero-order chi connectivity index (χ0) is 18.6. The summed E-state index contributed by atoms with van der Waals surface area (Å²) in [6, 6.07) is 13.4. The molecule has 27 heavy (non-hydrogen) atoms. The summed E-state index contributed by atoms with van der Waals surface area (Å²) in [5.74, 6) is 0.809. The molecule has 6 heteroatoms. The molecule has 4 rings (SSSR count). The van der Waals surface area contributed by atoms with Crippen molar-refractivity contribution in [3.63, 3.8) is 0 Å². The number of rotatable bonds is 4. The lowest BCUT2D eigenvalue weighted by Crippen LogP contribution is -2.41. The average Bonchev–Trinajstić information content (AvgIpc) is 2.72. The van der Waals surface area contributed by atoms with E-state index in [-0.39, 0.29) is 12.0 Å². The van der Waals surface area contributed by atoms with Gasteiger partial charge < -0.3 is 15.0 Å². The van der Waals surface area contributed by atoms with Crippen molar-refractivity contribution in [3.8, 4) is 0 Å². The first-order valence-electron chi connectivity index (χ1n) is 9.14. The van der Waals surface area contributed by atoms with Crippen LogP contribution in [0.5, 0.6) is 0 Å². The molecule has 138 valence electrons. The molecule has 1 amide bonds. The van der Waals surface area contributed by atoms with Crippen LogP contribution in [0.3, 0.4) is 0 Å². The zero-order valence-corrected chi connectivity index (χ0v) is 15.3. The van der Waals surface area contributed by atoms with Gasteiger partial charge in [0.05, 0.1) is 23.8 Å². The van der Waals surface area contributed by atoms with Gasteiger partial charge in [0, 0.05) is 37.4 Å². The van der Waals surface area contributed by atoms with E-state index in [4.69, 9.17) is 4.74 Å². The Balaban J connectivity index is 1.41. The molecule has 3 heterocycles. The first kappa shape index (κ1) is 17.4. The Kier molecular flexibility index (Phi) is 4.98. The molecule has 2 aromatic heterocycles. The fraction of sp³-hybridized carbons (Fsp3) is 0.286. The second-order valence-corrected chi connectivity index (χ2v) is 6.72. The van der Waals surface area contributed by atoms with Crippen LogP contribution < -0.4 is 10.2 Å². The van der Waals surface area contributed by atoms with Crippen LogP contribution in [0.15, 0.2) is 54.9 Å². The van der Waals surface area contributed by atoms with Crippen LogP contribution in [0.1, 0.15) is 22.8 Å². The van der Waals surface area contributed by atoms with Gasteiger partial charge >= 0.3 is 0 Å². The minimum absolute atomic E-state index is 0.134. The molecule has 1 saturated heterocycles. The smallest absolute Gasteiger partial charge is 0.253 e. The molecule has 1 unspecified atom stereocenters. The number of aromatic nitrogens is 2. The van der Waals surface area contributed by atoms with Crippen molar-refractivity contribution in [2.45, 2.75) is 19.6 Å². The number of fused-ring (bicyclic) bond motifs is 1. The van der Waals surface area contributed by atoms with Crippen LogP contribution in [0.4, 0.5) is 5.82 Å². The Morgan fingerprint density at radius 3 is 2.93 bits per heavy atom. The van der Waals surface area contributed by atoms with E-state index in [0.717, 1.165) is 36.5 Å². The molecular weight excluding hydrogens is 340 g/mol. The fourth-order valence-electron chi connectivity index (χ4n) is 3.30. The molecule has 0 aliphatic carbocycles. The Morgan fingerprint density at radius 2 is 2.11 bits per heavy atom. The second-order valence-electron chi connectivity index (χ2n) is 6.72. The van der Waals surface area contributed by atoms with Gasteiger partial charge in [-0.05, 0) is 30.7 Å². The van der Waals surface area contributed by atoms with Gasteiger partial charge in [-0.25, -0.2) is 4.98 Å². The van der Waals surface area contributed by atoms with Gasteiger partial charge in [-0.2, -0.15) is 0 Å². The second kappa shape index (κ2) is 7.72. The minimum Gasteiger partial charge on any atom is -0.375 e. The number of hydrogen-bond acceptors (Lipinski definition) is 5. The Hall–Kier alpha value is -2.99. The van der Waals surface area contributed by atoms with E-state index in [0.29, 0.717) is 17.6 Å². The molecule has 0 bridgehead atoms. The van der Waals surface area contributed by atoms with Crippen LogP contribution in [-0.4, -0.2) is 41.7 Å². The number of morpholine rings is 1. The fourth-order valence-corrected chi connectivity index (χ4v) is 3.30. The molecule has 0 spiro atoms. The zero-order valence-electron chi connectivity index (χ0n) is 15.3. The minimum atomic E-state index is -0.134. The monoisotopic (exact) mass is 362 g/mol. The number of amides is 1. The topological polar surface area (TPSA) is 67.4 Å². The molecule has 1 aliphatic heterocycles. The van der Waals surface area contributed by atoms with E-state index in [1.807, 2.05) is 42.6 Å². The largest absolute Gasteiger partial charge is 0.375 e. The van der Waals surface area contributed by atoms with Gasteiger partial charge in [0.25, 0.3) is 5.91 Å². The third-order valence-electron chi connectivity index (χ3n) is 4.70. The molecule has 0 radical (unpaired) electrons. The van der Waals surface area contributed by atoms with Crippen molar-refractivity contribution in [1.82, 2.24) is 15.3 Å². The highest BCUT2D eigenvalue weighted by atomic mass is 16.5. The lowest BCUT2D eigenvalue weighted by Gasteiger charge is -2.32. The lowest BCUT2D eigenvalue weighted by molar-refractivity contribution is 0.0529. The maximum Gasteiger partial charge on any atom is 0.253 e. The summed E-state index contributed by atoms with van der Waals surface area (Å²) in [6.07, 6.45) is 3.74. The molecular formula is C21H22N4O2. The molecule has 1 aromatic carbocycles. The van der Waals surface area contributed by atoms with Crippen molar-refractivity contribution < 1.29 is 9.53 Å². The van der Waals surface area contributed by atoms with Crippen molar-refractivity contribution in [1.29, 1.82) is 0 Å². The van der Waals surface area contributed by atoms with Crippen LogP contribution in [0.2, 0.25) is 0 Å². The highest BCUT2D eigenvalue weighted by molar-refractivity contribution is 6.05. The molecule has 1 atom stereocenters. The summed E-state index contributed by atoms with van der Waals surface area (Å²) in [5.41, 5.74) is 2.26. The van der Waals surface area contributed by atoms with Gasteiger partial charge in [0.1, 0.15) is 5.82 Å². The number of pyridine rings is 2. The predicted molar refractivity (Wildman–Crippen MR) is 105 cm³/mol. The third-order valence-corrected chi connectivity index (χ3v) is 4.70. The predicted octanol–water partition coefficient (Wildman–Crippen LogP) is 2.78. The maximum atomic E-state index is 12.6. The van der Waals surface area contributed by atoms with Crippen molar-refractivity contribution >= 4 is 22.6 Å². The van der Waals surface area contributed by atoms with Gasteiger partial charge in [0.2, 0.25) is 0 Å². The Morgan fingerprint density at radius 1 is 1.22 bits per heavy atom. The van der Waals surface area contributed by atoms with E-state index in [1.165, 1.54) is 0 Å². The highest BCUT2D eigenvalue weighted by Crippen LogP contribution is 2.17. The number of para-hydroxylation sites is 1. The SMILES string of the molecule is CC1CN(c2ccc(CNC(=O)c3cccc4cccnc34)cn2)CCO1. The van der Waals surface area contributed by atoms with Crippen molar-refractivity contribution in [2.75, 3.05) is 24.6 Å². The summed E-state index contributed by atoms with van der Waals surface area (Å²) in [6.45, 7) is 4.91. The average molecular weight is 362 g/mol. The number of hydrogen-bond donors (Lipinski definition) is 1. The van der Waals surface area contributed by atoms with E-state index in [2.05, 4.69) is 27.1 Å². The molecule has 6 nitrogen and oxygen atoms in total. The number of nitrogens with zero attached hydrogens (tertiary/aromatic N) is 3. The van der Waals surface area contributed by atoms with Crippen molar-refractivity contribution in [2.24, 2.45) is 0 Å². The van der Waals surface area contributed by atoms with Crippen LogP contribution >= 0.6 is 0 Å².